The van der Waals surface area contributed by atoms with Crippen molar-refractivity contribution < 1.29 is 4.74 Å². The van der Waals surface area contributed by atoms with Crippen LogP contribution in [0.5, 0.6) is 5.75 Å². The van der Waals surface area contributed by atoms with Crippen molar-refractivity contribution in [1.82, 2.24) is 9.97 Å². The van der Waals surface area contributed by atoms with E-state index in [1.54, 1.807) is 0 Å². The van der Waals surface area contributed by atoms with Crippen molar-refractivity contribution in [1.29, 1.82) is 0 Å². The molecule has 8 aromatic carbocycles. The van der Waals surface area contributed by atoms with Gasteiger partial charge in [0.25, 0.3) is 0 Å². The summed E-state index contributed by atoms with van der Waals surface area (Å²) < 4.78 is 7.18. The molecule has 9 aromatic rings. The highest BCUT2D eigenvalue weighted by atomic mass is 16.5. The van der Waals surface area contributed by atoms with E-state index in [0.717, 1.165) is 45.0 Å². The van der Waals surface area contributed by atoms with Crippen molar-refractivity contribution >= 4 is 0 Å². The SMILES string of the molecule is c1ccc(-c2cccc(-c3cc(-c4ccccc4)nc(-c4cccc(-c5cccc6c5C5c7ccccc7OC5C65c6ccccc6-c6ccccc65)c4)n3)c2)cc1. The number of fused-ring (bicyclic) bond motifs is 12. The minimum absolute atomic E-state index is 0.0476. The van der Waals surface area contributed by atoms with Crippen LogP contribution in [0.4, 0.5) is 0 Å². The van der Waals surface area contributed by atoms with Crippen LogP contribution in [0.2, 0.25) is 0 Å². The summed E-state index contributed by atoms with van der Waals surface area (Å²) in [6.45, 7) is 0. The van der Waals surface area contributed by atoms with E-state index in [1.807, 2.05) is 6.07 Å². The van der Waals surface area contributed by atoms with Gasteiger partial charge in [0, 0.05) is 22.3 Å². The molecule has 272 valence electrons. The Morgan fingerprint density at radius 2 is 0.897 bits per heavy atom. The molecule has 1 aromatic heterocycles. The van der Waals surface area contributed by atoms with Gasteiger partial charge in [-0.15, -0.1) is 0 Å². The molecule has 1 spiro atoms. The summed E-state index contributed by atoms with van der Waals surface area (Å²) in [5, 5.41) is 0. The monoisotopic (exact) mass is 740 g/mol. The van der Waals surface area contributed by atoms with Crippen molar-refractivity contribution in [3.63, 3.8) is 0 Å². The second-order valence-electron chi connectivity index (χ2n) is 15.6. The average molecular weight is 741 g/mol. The molecular formula is C55H36N2O. The van der Waals surface area contributed by atoms with E-state index < -0.39 is 5.41 Å². The summed E-state index contributed by atoms with van der Waals surface area (Å²) in [6, 6.07) is 73.9. The van der Waals surface area contributed by atoms with Crippen LogP contribution in [-0.2, 0) is 5.41 Å². The van der Waals surface area contributed by atoms with E-state index in [-0.39, 0.29) is 12.0 Å². The Morgan fingerprint density at radius 1 is 0.379 bits per heavy atom. The number of para-hydroxylation sites is 1. The van der Waals surface area contributed by atoms with Gasteiger partial charge in [-0.1, -0.05) is 182 Å². The van der Waals surface area contributed by atoms with Crippen molar-refractivity contribution in [3.8, 4) is 73.0 Å². The van der Waals surface area contributed by atoms with Gasteiger partial charge in [0.15, 0.2) is 5.82 Å². The Morgan fingerprint density at radius 3 is 1.66 bits per heavy atom. The predicted molar refractivity (Wildman–Crippen MR) is 234 cm³/mol. The Kier molecular flexibility index (Phi) is 7.27. The van der Waals surface area contributed by atoms with E-state index >= 15 is 0 Å². The summed E-state index contributed by atoms with van der Waals surface area (Å²) in [6.07, 6.45) is -0.130. The van der Waals surface area contributed by atoms with Gasteiger partial charge in [0.1, 0.15) is 11.9 Å². The maximum atomic E-state index is 7.18. The number of rotatable bonds is 5. The first-order valence-electron chi connectivity index (χ1n) is 20.1. The van der Waals surface area contributed by atoms with Gasteiger partial charge < -0.3 is 4.74 Å². The van der Waals surface area contributed by atoms with Gasteiger partial charge in [-0.25, -0.2) is 9.97 Å². The third-order valence-electron chi connectivity index (χ3n) is 12.6. The second kappa shape index (κ2) is 12.8. The topological polar surface area (TPSA) is 35.0 Å². The highest BCUT2D eigenvalue weighted by molar-refractivity contribution is 5.89. The molecule has 3 heteroatoms. The first-order valence-corrected chi connectivity index (χ1v) is 20.1. The zero-order valence-electron chi connectivity index (χ0n) is 31.6. The molecule has 0 saturated carbocycles. The molecule has 0 bridgehead atoms. The fraction of sp³-hybridized carbons (Fsp3) is 0.0545. The lowest BCUT2D eigenvalue weighted by Crippen LogP contribution is -2.40. The zero-order valence-corrected chi connectivity index (χ0v) is 31.6. The molecule has 0 fully saturated rings. The number of hydrogen-bond donors (Lipinski definition) is 0. The molecule has 58 heavy (non-hydrogen) atoms. The lowest BCUT2D eigenvalue weighted by atomic mass is 9.71. The summed E-state index contributed by atoms with van der Waals surface area (Å²) in [4.78, 5) is 10.5. The minimum Gasteiger partial charge on any atom is -0.487 e. The maximum absolute atomic E-state index is 7.18. The van der Waals surface area contributed by atoms with Gasteiger partial charge in [0.2, 0.25) is 0 Å². The number of hydrogen-bond acceptors (Lipinski definition) is 3. The third kappa shape index (κ3) is 4.80. The summed E-state index contributed by atoms with van der Waals surface area (Å²) in [5.74, 6) is 1.72. The second-order valence-corrected chi connectivity index (χ2v) is 15.6. The first-order chi connectivity index (χ1) is 28.8. The van der Waals surface area contributed by atoms with Gasteiger partial charge in [-0.2, -0.15) is 0 Å². The lowest BCUT2D eigenvalue weighted by Gasteiger charge is -2.34. The highest BCUT2D eigenvalue weighted by Gasteiger charge is 2.63. The number of nitrogens with zero attached hydrogens (tertiary/aromatic N) is 2. The van der Waals surface area contributed by atoms with Crippen molar-refractivity contribution in [2.45, 2.75) is 17.4 Å². The van der Waals surface area contributed by atoms with Crippen LogP contribution in [-0.4, -0.2) is 16.1 Å². The molecule has 0 N–H and O–H groups in total. The molecule has 0 saturated heterocycles. The van der Waals surface area contributed by atoms with Crippen molar-refractivity contribution in [3.05, 3.63) is 234 Å². The Hall–Kier alpha value is -7.36. The van der Waals surface area contributed by atoms with E-state index in [9.17, 15) is 0 Å². The molecule has 1 aliphatic heterocycles. The van der Waals surface area contributed by atoms with Crippen LogP contribution >= 0.6 is 0 Å². The standard InChI is InChI=1S/C55H36N2O/c1-3-16-35(17-4-1)37-20-13-22-39(32-37)49-34-48(36-18-5-2-6-19-36)56-54(57-49)40-23-14-21-38(33-40)41-27-15-30-47-51(41)52-44-26-9-12-31-50(44)58-53(52)55(47)45-28-10-7-24-42(45)43-25-8-11-29-46(43)55/h1-34,52-53H. The molecule has 2 atom stereocenters. The van der Waals surface area contributed by atoms with Crippen LogP contribution in [0.15, 0.2) is 206 Å². The van der Waals surface area contributed by atoms with Crippen molar-refractivity contribution in [2.24, 2.45) is 0 Å². The van der Waals surface area contributed by atoms with Gasteiger partial charge in [-0.05, 0) is 79.9 Å². The molecule has 2 aliphatic carbocycles. The predicted octanol–water partition coefficient (Wildman–Crippen LogP) is 13.0. The zero-order chi connectivity index (χ0) is 38.2. The fourth-order valence-electron chi connectivity index (χ4n) is 10.2. The third-order valence-corrected chi connectivity index (χ3v) is 12.6. The van der Waals surface area contributed by atoms with Crippen LogP contribution in [0.1, 0.15) is 33.7 Å². The molecule has 2 heterocycles. The summed E-state index contributed by atoms with van der Waals surface area (Å²) in [5.41, 5.74) is 18.2. The van der Waals surface area contributed by atoms with E-state index in [1.165, 1.54) is 50.1 Å². The van der Waals surface area contributed by atoms with E-state index in [4.69, 9.17) is 14.7 Å². The Balaban J connectivity index is 1.05. The average Bonchev–Trinajstić information content (AvgIpc) is 3.93. The highest BCUT2D eigenvalue weighted by Crippen LogP contribution is 2.67. The van der Waals surface area contributed by atoms with Crippen molar-refractivity contribution in [2.75, 3.05) is 0 Å². The fourth-order valence-corrected chi connectivity index (χ4v) is 10.2. The Bertz CT molecular complexity index is 3020. The smallest absolute Gasteiger partial charge is 0.160 e. The van der Waals surface area contributed by atoms with Crippen LogP contribution in [0, 0.1) is 0 Å². The molecule has 2 unspecified atom stereocenters. The number of ether oxygens (including phenoxy) is 1. The summed E-state index contributed by atoms with van der Waals surface area (Å²) in [7, 11) is 0. The van der Waals surface area contributed by atoms with Gasteiger partial charge in [-0.3, -0.25) is 0 Å². The van der Waals surface area contributed by atoms with Gasteiger partial charge in [0.05, 0.1) is 22.7 Å². The van der Waals surface area contributed by atoms with Crippen LogP contribution < -0.4 is 4.74 Å². The van der Waals surface area contributed by atoms with Crippen LogP contribution in [0.3, 0.4) is 0 Å². The largest absolute Gasteiger partial charge is 0.487 e. The number of aromatic nitrogens is 2. The number of benzene rings is 8. The molecule has 3 aliphatic rings. The molecular weight excluding hydrogens is 705 g/mol. The first kappa shape index (κ1) is 32.8. The Labute approximate surface area is 338 Å². The van der Waals surface area contributed by atoms with E-state index in [0.29, 0.717) is 5.82 Å². The molecule has 0 amide bonds. The molecule has 0 radical (unpaired) electrons. The molecule has 3 nitrogen and oxygen atoms in total. The lowest BCUT2D eigenvalue weighted by molar-refractivity contribution is 0.178. The maximum Gasteiger partial charge on any atom is 0.160 e. The quantitative estimate of drug-likeness (QED) is 0.176. The minimum atomic E-state index is -0.462. The van der Waals surface area contributed by atoms with Crippen LogP contribution in [0.25, 0.3) is 67.3 Å². The van der Waals surface area contributed by atoms with E-state index in [2.05, 4.69) is 200 Å². The molecule has 12 rings (SSSR count). The summed E-state index contributed by atoms with van der Waals surface area (Å²) >= 11 is 0. The normalized spacial score (nSPS) is 16.2. The van der Waals surface area contributed by atoms with Gasteiger partial charge >= 0.3 is 0 Å².